The number of benzene rings is 7. The lowest BCUT2D eigenvalue weighted by Gasteiger charge is -2.39. The van der Waals surface area contributed by atoms with Crippen molar-refractivity contribution in [1.29, 1.82) is 0 Å². The van der Waals surface area contributed by atoms with Crippen molar-refractivity contribution in [2.75, 3.05) is 68.2 Å². The number of hydrogen-bond acceptors (Lipinski definition) is 14. The van der Waals surface area contributed by atoms with Crippen LogP contribution in [-0.4, -0.2) is 128 Å². The molecule has 20 nitrogen and oxygen atoms in total. The van der Waals surface area contributed by atoms with Gasteiger partial charge >= 0.3 is 18.3 Å². The predicted molar refractivity (Wildman–Crippen MR) is 359 cm³/mol. The molecule has 0 aliphatic carbocycles. The van der Waals surface area contributed by atoms with Crippen LogP contribution < -0.4 is 24.2 Å². The molecular weight excluding hydrogens is 1440 g/mol. The second-order valence-electron chi connectivity index (χ2n) is 22.6. The lowest BCUT2D eigenvalue weighted by atomic mass is 10.0. The topological polar surface area (TPSA) is 219 Å². The van der Waals surface area contributed by atoms with Gasteiger partial charge in [0.25, 0.3) is 0 Å². The summed E-state index contributed by atoms with van der Waals surface area (Å²) in [6.45, 7) is 2.79. The number of carbonyl (C=O) groups is 3. The zero-order valence-corrected chi connectivity index (χ0v) is 57.5. The smallest absolute Gasteiger partial charge is 0.414 e. The summed E-state index contributed by atoms with van der Waals surface area (Å²) in [5.41, 5.74) is 8.12. The van der Waals surface area contributed by atoms with Gasteiger partial charge in [-0.2, -0.15) is 8.61 Å². The van der Waals surface area contributed by atoms with Crippen LogP contribution in [0.5, 0.6) is 11.5 Å². The number of rotatable bonds is 13. The van der Waals surface area contributed by atoms with E-state index >= 15 is 0 Å². The molecule has 7 aromatic carbocycles. The molecule has 6 aliphatic heterocycles. The van der Waals surface area contributed by atoms with Gasteiger partial charge in [0.15, 0.2) is 0 Å². The molecule has 0 atom stereocenters. The first-order chi connectivity index (χ1) is 44.2. The van der Waals surface area contributed by atoms with Gasteiger partial charge in [-0.25, -0.2) is 43.9 Å². The third-order valence-corrected chi connectivity index (χ3v) is 24.2. The highest BCUT2D eigenvalue weighted by molar-refractivity contribution is 9.11. The quantitative estimate of drug-likeness (QED) is 0.0981. The standard InChI is InChI=1S/C25H23BrN2O4S.C21H23BrN2O6S.C20H21BrN2O4S/c26-21-8-11-24-20(16-21)17-32-25(29)28(24)22-12-14-27(15-13-22)33(30,31)23-9-6-19(7-10-23)18-4-2-1-3-5-18;1-28-17-4-6-19(29-2)20(12-17)31(26,27)23-9-7-16(8-10-23)24-18-5-3-15(22)11-14(18)13-30-21(24)25;21-17-6-7-19-16(12-17)13-27-20(24)23(19)18-8-10-22(11-9-18)28(25,26)14-15-4-2-1-3-5-15/h1-11,16,22H,12-15,17H2;3-6,11-12,16H,7-10,13H2,1-2H3;1-7,12,18H,8-11,13-14H2. The van der Waals surface area contributed by atoms with Gasteiger partial charge in [0.05, 0.1) is 41.9 Å². The number of anilines is 3. The fourth-order valence-electron chi connectivity index (χ4n) is 12.3. The van der Waals surface area contributed by atoms with E-state index in [1.165, 1.54) is 33.2 Å². The average Bonchev–Trinajstić information content (AvgIpc) is 0.813. The second kappa shape index (κ2) is 28.8. The molecule has 0 saturated carbocycles. The fraction of sp³-hybridized carbons (Fsp3) is 0.318. The predicted octanol–water partition coefficient (Wildman–Crippen LogP) is 13.1. The molecule has 0 unspecified atom stereocenters. The summed E-state index contributed by atoms with van der Waals surface area (Å²) in [6, 6.07) is 47.7. The van der Waals surface area contributed by atoms with Gasteiger partial charge in [0.1, 0.15) is 36.2 Å². The minimum atomic E-state index is -3.78. The average molecular weight is 1500 g/mol. The van der Waals surface area contributed by atoms with Crippen molar-refractivity contribution in [2.24, 2.45) is 0 Å². The van der Waals surface area contributed by atoms with Gasteiger partial charge < -0.3 is 23.7 Å². The Morgan fingerprint density at radius 2 is 0.826 bits per heavy atom. The Hall–Kier alpha value is -6.88. The normalized spacial score (nSPS) is 17.9. The molecule has 484 valence electrons. The molecule has 0 spiro atoms. The first kappa shape index (κ1) is 66.6. The Morgan fingerprint density at radius 1 is 0.435 bits per heavy atom. The number of ether oxygens (including phenoxy) is 5. The Bertz CT molecular complexity index is 4190. The Morgan fingerprint density at radius 3 is 1.24 bits per heavy atom. The van der Waals surface area contributed by atoms with Gasteiger partial charge in [-0.1, -0.05) is 121 Å². The fourth-order valence-corrected chi connectivity index (χ4v) is 18.2. The number of methoxy groups -OCH3 is 2. The minimum absolute atomic E-state index is 0.00111. The van der Waals surface area contributed by atoms with Crippen LogP contribution in [0.1, 0.15) is 60.8 Å². The molecule has 3 fully saturated rings. The number of nitrogens with zero attached hydrogens (tertiary/aromatic N) is 6. The summed E-state index contributed by atoms with van der Waals surface area (Å²) in [5.74, 6) is 0.705. The molecule has 0 bridgehead atoms. The van der Waals surface area contributed by atoms with Crippen LogP contribution in [0.3, 0.4) is 0 Å². The van der Waals surface area contributed by atoms with E-state index in [0.29, 0.717) is 70.5 Å². The van der Waals surface area contributed by atoms with E-state index in [0.717, 1.165) is 63.9 Å². The van der Waals surface area contributed by atoms with Crippen LogP contribution in [0.25, 0.3) is 11.1 Å². The third-order valence-electron chi connectivity index (χ3n) is 17.1. The van der Waals surface area contributed by atoms with E-state index in [4.69, 9.17) is 23.7 Å². The number of hydrogen-bond donors (Lipinski definition) is 0. The molecule has 13 rings (SSSR count). The number of fused-ring (bicyclic) bond motifs is 3. The lowest BCUT2D eigenvalue weighted by molar-refractivity contribution is 0.135. The van der Waals surface area contributed by atoms with Gasteiger partial charge in [-0.15, -0.1) is 0 Å². The van der Waals surface area contributed by atoms with Crippen molar-refractivity contribution in [3.8, 4) is 22.6 Å². The number of sulfonamides is 3. The molecule has 0 aromatic heterocycles. The number of cyclic esters (lactones) is 3. The van der Waals surface area contributed by atoms with E-state index < -0.39 is 36.2 Å². The van der Waals surface area contributed by atoms with Crippen molar-refractivity contribution in [3.63, 3.8) is 0 Å². The minimum Gasteiger partial charge on any atom is -0.497 e. The molecule has 0 radical (unpaired) electrons. The van der Waals surface area contributed by atoms with Crippen LogP contribution in [0.4, 0.5) is 31.4 Å². The van der Waals surface area contributed by atoms with E-state index in [-0.39, 0.29) is 84.5 Å². The molecule has 3 amide bonds. The highest BCUT2D eigenvalue weighted by atomic mass is 79.9. The van der Waals surface area contributed by atoms with E-state index in [9.17, 15) is 39.6 Å². The van der Waals surface area contributed by atoms with Crippen molar-refractivity contribution < 1.29 is 63.3 Å². The van der Waals surface area contributed by atoms with Crippen molar-refractivity contribution in [2.45, 2.75) is 92.0 Å². The number of halogens is 3. The van der Waals surface area contributed by atoms with Crippen molar-refractivity contribution in [1.82, 2.24) is 12.9 Å². The van der Waals surface area contributed by atoms with E-state index in [2.05, 4.69) is 47.8 Å². The Labute approximate surface area is 561 Å². The number of piperidine rings is 3. The molecule has 0 N–H and O–H groups in total. The Kier molecular flexibility index (Phi) is 20.8. The van der Waals surface area contributed by atoms with Crippen molar-refractivity contribution in [3.05, 3.63) is 193 Å². The first-order valence-corrected chi connectivity index (χ1v) is 36.7. The van der Waals surface area contributed by atoms with E-state index in [1.54, 1.807) is 39.0 Å². The van der Waals surface area contributed by atoms with Crippen LogP contribution >= 0.6 is 47.8 Å². The molecule has 6 aliphatic rings. The zero-order valence-electron chi connectivity index (χ0n) is 50.3. The highest BCUT2D eigenvalue weighted by Gasteiger charge is 2.41. The van der Waals surface area contributed by atoms with Crippen LogP contribution in [0.15, 0.2) is 181 Å². The van der Waals surface area contributed by atoms with E-state index in [1.807, 2.05) is 127 Å². The summed E-state index contributed by atoms with van der Waals surface area (Å²) in [4.78, 5) is 42.9. The SMILES string of the molecule is COc1ccc(OC)c(S(=O)(=O)N2CCC(N3C(=O)OCc4cc(Br)ccc43)CC2)c1.O=C1OCc2cc(Br)ccc2N1C1CCN(S(=O)(=O)Cc2ccccc2)CC1.O=C1OCc2cc(Br)ccc2N1C1CCN(S(=O)(=O)c2ccc(-c3ccccc3)cc2)CC1. The third kappa shape index (κ3) is 14.7. The number of amides is 3. The van der Waals surface area contributed by atoms with Crippen molar-refractivity contribution >= 4 is 113 Å². The monoisotopic (exact) mass is 1500 g/mol. The summed E-state index contributed by atoms with van der Waals surface area (Å²) in [7, 11) is -7.84. The molecular formula is C66H67Br3N6O14S3. The molecule has 26 heteroatoms. The molecule has 92 heavy (non-hydrogen) atoms. The Balaban J connectivity index is 0.000000142. The van der Waals surface area contributed by atoms with Crippen LogP contribution in [0, 0.1) is 0 Å². The molecule has 3 saturated heterocycles. The lowest BCUT2D eigenvalue weighted by Crippen LogP contribution is -2.50. The molecule has 6 heterocycles. The molecule has 7 aromatic rings. The largest absolute Gasteiger partial charge is 0.497 e. The van der Waals surface area contributed by atoms with Gasteiger partial charge in [-0.3, -0.25) is 14.7 Å². The highest BCUT2D eigenvalue weighted by Crippen LogP contribution is 2.39. The summed E-state index contributed by atoms with van der Waals surface area (Å²) in [5, 5.41) is 0. The summed E-state index contributed by atoms with van der Waals surface area (Å²) >= 11 is 10.3. The van der Waals surface area contributed by atoms with Crippen LogP contribution in [0.2, 0.25) is 0 Å². The number of carbonyl (C=O) groups excluding carboxylic acids is 3. The maximum atomic E-state index is 13.3. The first-order valence-electron chi connectivity index (χ1n) is 29.8. The zero-order chi connectivity index (χ0) is 64.9. The second-order valence-corrected chi connectivity index (χ2v) is 31.2. The maximum Gasteiger partial charge on any atom is 0.414 e. The summed E-state index contributed by atoms with van der Waals surface area (Å²) < 4.78 is 112. The van der Waals surface area contributed by atoms with Gasteiger partial charge in [-0.05, 0) is 134 Å². The van der Waals surface area contributed by atoms with Gasteiger partial charge in [0.2, 0.25) is 30.1 Å². The van der Waals surface area contributed by atoms with Crippen LogP contribution in [-0.2, 0) is 69.9 Å². The maximum absolute atomic E-state index is 13.3. The van der Waals surface area contributed by atoms with Gasteiger partial charge in [0, 0.05) is 93.6 Å². The summed E-state index contributed by atoms with van der Waals surface area (Å²) in [6.07, 6.45) is 2.12.